The van der Waals surface area contributed by atoms with Crippen molar-refractivity contribution >= 4 is 34.8 Å². The minimum absolute atomic E-state index is 0. The van der Waals surface area contributed by atoms with Gasteiger partial charge in [-0.2, -0.15) is 0 Å². The first kappa shape index (κ1) is 14.3. The SMILES string of the molecule is C[C@H](CC(=O)O)Nc1ccc2ccccc2c1.Cl. The molecule has 2 aromatic carbocycles. The van der Waals surface area contributed by atoms with Gasteiger partial charge in [-0.1, -0.05) is 30.3 Å². The van der Waals surface area contributed by atoms with Gasteiger partial charge < -0.3 is 10.4 Å². The van der Waals surface area contributed by atoms with Crippen LogP contribution in [-0.2, 0) is 4.79 Å². The standard InChI is InChI=1S/C14H15NO2.ClH/c1-10(8-14(16)17)15-13-7-6-11-4-2-3-5-12(11)9-13;/h2-7,9-10,15H,8H2,1H3,(H,16,17);1H/t10-;/m1./s1. The molecule has 96 valence electrons. The van der Waals surface area contributed by atoms with Crippen molar-refractivity contribution in [3.8, 4) is 0 Å². The maximum atomic E-state index is 10.6. The van der Waals surface area contributed by atoms with E-state index in [0.29, 0.717) is 0 Å². The molecule has 0 aliphatic rings. The van der Waals surface area contributed by atoms with E-state index in [1.54, 1.807) is 0 Å². The Kier molecular flexibility index (Phi) is 4.98. The smallest absolute Gasteiger partial charge is 0.305 e. The number of fused-ring (bicyclic) bond motifs is 1. The summed E-state index contributed by atoms with van der Waals surface area (Å²) < 4.78 is 0. The molecule has 4 heteroatoms. The molecule has 18 heavy (non-hydrogen) atoms. The molecule has 2 aromatic rings. The van der Waals surface area contributed by atoms with Crippen molar-refractivity contribution in [1.29, 1.82) is 0 Å². The highest BCUT2D eigenvalue weighted by Gasteiger charge is 2.07. The number of hydrogen-bond acceptors (Lipinski definition) is 2. The van der Waals surface area contributed by atoms with E-state index in [2.05, 4.69) is 11.4 Å². The molecule has 0 unspecified atom stereocenters. The number of carboxylic acids is 1. The summed E-state index contributed by atoms with van der Waals surface area (Å²) in [7, 11) is 0. The Balaban J connectivity index is 0.00000162. The van der Waals surface area contributed by atoms with Gasteiger partial charge in [0.25, 0.3) is 0 Å². The second kappa shape index (κ2) is 6.26. The summed E-state index contributed by atoms with van der Waals surface area (Å²) in [5.41, 5.74) is 0.956. The van der Waals surface area contributed by atoms with E-state index >= 15 is 0 Å². The van der Waals surface area contributed by atoms with Crippen LogP contribution in [0.4, 0.5) is 5.69 Å². The lowest BCUT2D eigenvalue weighted by Gasteiger charge is -2.13. The number of carbonyl (C=O) groups is 1. The van der Waals surface area contributed by atoms with E-state index in [1.165, 1.54) is 5.39 Å². The van der Waals surface area contributed by atoms with Crippen LogP contribution >= 0.6 is 12.4 Å². The van der Waals surface area contributed by atoms with Crippen molar-refractivity contribution in [1.82, 2.24) is 0 Å². The number of aliphatic carboxylic acids is 1. The second-order valence-corrected chi connectivity index (χ2v) is 4.21. The maximum Gasteiger partial charge on any atom is 0.305 e. The molecule has 0 fully saturated rings. The van der Waals surface area contributed by atoms with Crippen molar-refractivity contribution in [2.45, 2.75) is 19.4 Å². The molecule has 2 rings (SSSR count). The quantitative estimate of drug-likeness (QED) is 0.889. The zero-order valence-electron chi connectivity index (χ0n) is 10.1. The molecular formula is C14H16ClNO2. The maximum absolute atomic E-state index is 10.6. The summed E-state index contributed by atoms with van der Waals surface area (Å²) >= 11 is 0. The van der Waals surface area contributed by atoms with Crippen LogP contribution in [0, 0.1) is 0 Å². The van der Waals surface area contributed by atoms with Crippen molar-refractivity contribution in [3.05, 3.63) is 42.5 Å². The summed E-state index contributed by atoms with van der Waals surface area (Å²) in [6, 6.07) is 14.1. The normalized spacial score (nSPS) is 11.6. The lowest BCUT2D eigenvalue weighted by atomic mass is 10.1. The highest BCUT2D eigenvalue weighted by atomic mass is 35.5. The molecule has 0 radical (unpaired) electrons. The monoisotopic (exact) mass is 265 g/mol. The van der Waals surface area contributed by atoms with Crippen molar-refractivity contribution < 1.29 is 9.90 Å². The van der Waals surface area contributed by atoms with Gasteiger partial charge in [-0.05, 0) is 29.8 Å². The summed E-state index contributed by atoms with van der Waals surface area (Å²) in [5, 5.41) is 14.2. The average Bonchev–Trinajstić information content (AvgIpc) is 2.27. The number of anilines is 1. The third kappa shape index (κ3) is 3.64. The Hall–Kier alpha value is -1.74. The van der Waals surface area contributed by atoms with Gasteiger partial charge in [-0.3, -0.25) is 4.79 Å². The minimum atomic E-state index is -0.786. The number of benzene rings is 2. The summed E-state index contributed by atoms with van der Waals surface area (Å²) in [6.45, 7) is 1.86. The van der Waals surface area contributed by atoms with E-state index in [1.807, 2.05) is 43.3 Å². The van der Waals surface area contributed by atoms with Crippen molar-refractivity contribution in [2.75, 3.05) is 5.32 Å². The van der Waals surface area contributed by atoms with E-state index in [0.717, 1.165) is 11.1 Å². The average molecular weight is 266 g/mol. The molecule has 3 nitrogen and oxygen atoms in total. The topological polar surface area (TPSA) is 49.3 Å². The van der Waals surface area contributed by atoms with Gasteiger partial charge in [0.2, 0.25) is 0 Å². The number of hydrogen-bond donors (Lipinski definition) is 2. The summed E-state index contributed by atoms with van der Waals surface area (Å²) in [6.07, 6.45) is 0.118. The van der Waals surface area contributed by atoms with Gasteiger partial charge in [0.1, 0.15) is 0 Å². The molecule has 1 atom stereocenters. The van der Waals surface area contributed by atoms with Crippen LogP contribution in [0.15, 0.2) is 42.5 Å². The molecule has 0 amide bonds. The predicted octanol–water partition coefficient (Wildman–Crippen LogP) is 3.54. The molecule has 0 aliphatic carbocycles. The second-order valence-electron chi connectivity index (χ2n) is 4.21. The van der Waals surface area contributed by atoms with Crippen molar-refractivity contribution in [2.24, 2.45) is 0 Å². The van der Waals surface area contributed by atoms with E-state index < -0.39 is 5.97 Å². The van der Waals surface area contributed by atoms with Gasteiger partial charge in [0.15, 0.2) is 0 Å². The van der Waals surface area contributed by atoms with Crippen LogP contribution in [0.25, 0.3) is 10.8 Å². The van der Waals surface area contributed by atoms with Gasteiger partial charge in [-0.15, -0.1) is 12.4 Å². The first-order valence-electron chi connectivity index (χ1n) is 5.62. The summed E-state index contributed by atoms with van der Waals surface area (Å²) in [5.74, 6) is -0.786. The van der Waals surface area contributed by atoms with Crippen LogP contribution < -0.4 is 5.32 Å². The van der Waals surface area contributed by atoms with Gasteiger partial charge in [0, 0.05) is 11.7 Å². The van der Waals surface area contributed by atoms with Crippen molar-refractivity contribution in [3.63, 3.8) is 0 Å². The van der Waals surface area contributed by atoms with Gasteiger partial charge >= 0.3 is 5.97 Å². The number of rotatable bonds is 4. The molecule has 0 saturated carbocycles. The van der Waals surface area contributed by atoms with E-state index in [4.69, 9.17) is 5.11 Å². The lowest BCUT2D eigenvalue weighted by Crippen LogP contribution is -2.19. The van der Waals surface area contributed by atoms with E-state index in [9.17, 15) is 4.79 Å². The molecule has 0 aliphatic heterocycles. The molecule has 0 aromatic heterocycles. The summed E-state index contributed by atoms with van der Waals surface area (Å²) in [4.78, 5) is 10.6. The zero-order chi connectivity index (χ0) is 12.3. The number of halogens is 1. The van der Waals surface area contributed by atoms with Gasteiger partial charge in [0.05, 0.1) is 6.42 Å². The number of nitrogens with one attached hydrogen (secondary N) is 1. The first-order chi connectivity index (χ1) is 8.15. The van der Waals surface area contributed by atoms with Crippen LogP contribution in [0.1, 0.15) is 13.3 Å². The highest BCUT2D eigenvalue weighted by Crippen LogP contribution is 2.19. The fourth-order valence-electron chi connectivity index (χ4n) is 1.88. The molecule has 0 bridgehead atoms. The number of carboxylic acid groups (broad SMARTS) is 1. The molecule has 0 saturated heterocycles. The molecule has 2 N–H and O–H groups in total. The first-order valence-corrected chi connectivity index (χ1v) is 5.62. The third-order valence-electron chi connectivity index (χ3n) is 2.64. The molecular weight excluding hydrogens is 250 g/mol. The lowest BCUT2D eigenvalue weighted by molar-refractivity contribution is -0.137. The molecule has 0 spiro atoms. The van der Waals surface area contributed by atoms with Crippen LogP contribution in [0.3, 0.4) is 0 Å². The Morgan fingerprint density at radius 1 is 1.22 bits per heavy atom. The highest BCUT2D eigenvalue weighted by molar-refractivity contribution is 5.86. The Bertz CT molecular complexity index is 542. The molecule has 0 heterocycles. The minimum Gasteiger partial charge on any atom is -0.481 e. The fraction of sp³-hybridized carbons (Fsp3) is 0.214. The van der Waals surface area contributed by atoms with Crippen LogP contribution in [-0.4, -0.2) is 17.1 Å². The van der Waals surface area contributed by atoms with E-state index in [-0.39, 0.29) is 24.9 Å². The fourth-order valence-corrected chi connectivity index (χ4v) is 1.88. The van der Waals surface area contributed by atoms with Crippen LogP contribution in [0.5, 0.6) is 0 Å². The van der Waals surface area contributed by atoms with Gasteiger partial charge in [-0.25, -0.2) is 0 Å². The van der Waals surface area contributed by atoms with Crippen LogP contribution in [0.2, 0.25) is 0 Å². The predicted molar refractivity (Wildman–Crippen MR) is 76.5 cm³/mol. The Morgan fingerprint density at radius 3 is 2.56 bits per heavy atom. The largest absolute Gasteiger partial charge is 0.481 e. The Labute approximate surface area is 112 Å². The zero-order valence-corrected chi connectivity index (χ0v) is 10.9. The third-order valence-corrected chi connectivity index (χ3v) is 2.64. The Morgan fingerprint density at radius 2 is 1.89 bits per heavy atom.